The summed E-state index contributed by atoms with van der Waals surface area (Å²) in [6.07, 6.45) is 0. The smallest absolute Gasteiger partial charge is 0.392 e. The topological polar surface area (TPSA) is 67.4 Å². The van der Waals surface area contributed by atoms with E-state index < -0.39 is 5.82 Å². The van der Waals surface area contributed by atoms with Crippen LogP contribution in [0.3, 0.4) is 0 Å². The van der Waals surface area contributed by atoms with Crippen molar-refractivity contribution in [3.05, 3.63) is 16.4 Å². The molecule has 0 aliphatic carbocycles. The molecule has 0 saturated carbocycles. The van der Waals surface area contributed by atoms with E-state index in [4.69, 9.17) is 4.42 Å². The van der Waals surface area contributed by atoms with E-state index in [2.05, 4.69) is 15.1 Å². The minimum absolute atomic E-state index is 0.379. The van der Waals surface area contributed by atoms with Gasteiger partial charge in [-0.25, -0.2) is 4.79 Å². The van der Waals surface area contributed by atoms with Crippen LogP contribution in [0.2, 0.25) is 0 Å². The van der Waals surface area contributed by atoms with Crippen LogP contribution in [0.4, 0.5) is 5.88 Å². The minimum atomic E-state index is -0.681. The highest BCUT2D eigenvalue weighted by Gasteiger charge is 2.08. The molecule has 0 atom stereocenters. The molecule has 5 nitrogen and oxygen atoms in total. The van der Waals surface area contributed by atoms with Crippen molar-refractivity contribution in [3.8, 4) is 0 Å². The Morgan fingerprint density at radius 3 is 2.64 bits per heavy atom. The second kappa shape index (κ2) is 3.25. The molecule has 0 fully saturated rings. The summed E-state index contributed by atoms with van der Waals surface area (Å²) in [6, 6.07) is 0. The van der Waals surface area contributed by atoms with Gasteiger partial charge in [-0.2, -0.15) is 0 Å². The fourth-order valence-corrected chi connectivity index (χ4v) is 0.775. The lowest BCUT2D eigenvalue weighted by Gasteiger charge is -1.94. The van der Waals surface area contributed by atoms with Gasteiger partial charge >= 0.3 is 5.82 Å². The fraction of sp³-hybridized carbons (Fsp3) is 0.500. The van der Waals surface area contributed by atoms with Crippen molar-refractivity contribution in [1.29, 1.82) is 0 Å². The van der Waals surface area contributed by atoms with Crippen molar-refractivity contribution in [3.63, 3.8) is 0 Å². The molecule has 0 unspecified atom stereocenters. The van der Waals surface area contributed by atoms with Crippen LogP contribution in [0.5, 0.6) is 0 Å². The summed E-state index contributed by atoms with van der Waals surface area (Å²) >= 11 is 0. The van der Waals surface area contributed by atoms with Crippen molar-refractivity contribution in [2.75, 3.05) is 19.4 Å². The molecule has 0 aliphatic rings. The number of nitrogens with one attached hydrogen (secondary N) is 2. The van der Waals surface area contributed by atoms with E-state index in [0.29, 0.717) is 18.2 Å². The molecule has 1 rings (SSSR count). The Morgan fingerprint density at radius 1 is 1.36 bits per heavy atom. The first-order chi connectivity index (χ1) is 5.27. The zero-order valence-corrected chi connectivity index (χ0v) is 6.43. The maximum atomic E-state index is 10.5. The first-order valence-corrected chi connectivity index (χ1v) is 3.23. The SMILES string of the molecule is CNCc1oc(=O)oc1NC. The molecule has 0 aromatic carbocycles. The van der Waals surface area contributed by atoms with E-state index >= 15 is 0 Å². The average Bonchev–Trinajstić information content (AvgIpc) is 2.32. The van der Waals surface area contributed by atoms with E-state index in [1.54, 1.807) is 14.1 Å². The first kappa shape index (κ1) is 7.87. The van der Waals surface area contributed by atoms with Crippen LogP contribution in [0.15, 0.2) is 13.6 Å². The summed E-state index contributed by atoms with van der Waals surface area (Å²) in [5, 5.41) is 5.54. The lowest BCUT2D eigenvalue weighted by Crippen LogP contribution is -2.05. The normalized spacial score (nSPS) is 10.0. The largest absolute Gasteiger partial charge is 0.520 e. The number of anilines is 1. The standard InChI is InChI=1S/C6H10N2O3/c1-7-3-4-5(8-2)11-6(9)10-4/h7-8H,3H2,1-2H3. The molecule has 0 bridgehead atoms. The van der Waals surface area contributed by atoms with Crippen LogP contribution in [0.1, 0.15) is 5.76 Å². The second-order valence-corrected chi connectivity index (χ2v) is 1.99. The Labute approximate surface area is 63.4 Å². The predicted molar refractivity (Wildman–Crippen MR) is 39.6 cm³/mol. The molecule has 11 heavy (non-hydrogen) atoms. The van der Waals surface area contributed by atoms with Gasteiger partial charge in [0.1, 0.15) is 0 Å². The number of rotatable bonds is 3. The third kappa shape index (κ3) is 1.62. The Balaban J connectivity index is 2.92. The van der Waals surface area contributed by atoms with Gasteiger partial charge in [-0.1, -0.05) is 0 Å². The van der Waals surface area contributed by atoms with Gasteiger partial charge in [0.05, 0.1) is 6.54 Å². The van der Waals surface area contributed by atoms with Gasteiger partial charge in [-0.15, -0.1) is 0 Å². The molecule has 0 radical (unpaired) electrons. The molecule has 62 valence electrons. The highest BCUT2D eigenvalue weighted by Crippen LogP contribution is 2.11. The minimum Gasteiger partial charge on any atom is -0.392 e. The summed E-state index contributed by atoms with van der Waals surface area (Å²) in [4.78, 5) is 10.5. The molecule has 0 saturated heterocycles. The van der Waals surface area contributed by atoms with Crippen LogP contribution in [-0.2, 0) is 6.54 Å². The summed E-state index contributed by atoms with van der Waals surface area (Å²) in [5.41, 5.74) is 0. The summed E-state index contributed by atoms with van der Waals surface area (Å²) in [7, 11) is 3.42. The Kier molecular flexibility index (Phi) is 2.32. The molecule has 1 heterocycles. The van der Waals surface area contributed by atoms with Crippen molar-refractivity contribution in [2.45, 2.75) is 6.54 Å². The molecule has 1 aromatic heterocycles. The van der Waals surface area contributed by atoms with E-state index in [1.165, 1.54) is 0 Å². The quantitative estimate of drug-likeness (QED) is 0.647. The Morgan fingerprint density at radius 2 is 2.09 bits per heavy atom. The maximum absolute atomic E-state index is 10.5. The van der Waals surface area contributed by atoms with Crippen molar-refractivity contribution in [2.24, 2.45) is 0 Å². The molecule has 0 aliphatic heterocycles. The molecule has 5 heteroatoms. The van der Waals surface area contributed by atoms with E-state index in [0.717, 1.165) is 0 Å². The maximum Gasteiger partial charge on any atom is 0.520 e. The van der Waals surface area contributed by atoms with Crippen molar-refractivity contribution >= 4 is 5.88 Å². The zero-order valence-electron chi connectivity index (χ0n) is 6.43. The molecule has 2 N–H and O–H groups in total. The van der Waals surface area contributed by atoms with Gasteiger partial charge in [0.2, 0.25) is 5.88 Å². The van der Waals surface area contributed by atoms with E-state index in [1.807, 2.05) is 0 Å². The fourth-order valence-electron chi connectivity index (χ4n) is 0.775. The first-order valence-electron chi connectivity index (χ1n) is 3.23. The van der Waals surface area contributed by atoms with Crippen molar-refractivity contribution < 1.29 is 8.83 Å². The molecular weight excluding hydrogens is 148 g/mol. The Hall–Kier alpha value is -1.23. The lowest BCUT2D eigenvalue weighted by molar-refractivity contribution is 0.373. The van der Waals surface area contributed by atoms with Crippen LogP contribution < -0.4 is 16.5 Å². The molecule has 0 amide bonds. The average molecular weight is 158 g/mol. The van der Waals surface area contributed by atoms with E-state index in [-0.39, 0.29) is 0 Å². The third-order valence-corrected chi connectivity index (χ3v) is 1.21. The van der Waals surface area contributed by atoms with E-state index in [9.17, 15) is 4.79 Å². The van der Waals surface area contributed by atoms with Gasteiger partial charge in [0.25, 0.3) is 0 Å². The highest BCUT2D eigenvalue weighted by atomic mass is 16.6. The summed E-state index contributed by atoms with van der Waals surface area (Å²) < 4.78 is 9.34. The predicted octanol–water partition coefficient (Wildman–Crippen LogP) is -0.00610. The third-order valence-electron chi connectivity index (χ3n) is 1.21. The van der Waals surface area contributed by atoms with Gasteiger partial charge in [0.15, 0.2) is 5.76 Å². The number of hydrogen-bond acceptors (Lipinski definition) is 5. The summed E-state index contributed by atoms with van der Waals surface area (Å²) in [6.45, 7) is 0.474. The van der Waals surface area contributed by atoms with Crippen LogP contribution in [-0.4, -0.2) is 14.1 Å². The van der Waals surface area contributed by atoms with Gasteiger partial charge < -0.3 is 19.5 Å². The monoisotopic (exact) mass is 158 g/mol. The zero-order chi connectivity index (χ0) is 8.27. The molecule has 1 aromatic rings. The van der Waals surface area contributed by atoms with Gasteiger partial charge in [-0.05, 0) is 7.05 Å². The number of hydrogen-bond donors (Lipinski definition) is 2. The van der Waals surface area contributed by atoms with Gasteiger partial charge in [0, 0.05) is 7.05 Å². The van der Waals surface area contributed by atoms with Crippen LogP contribution in [0.25, 0.3) is 0 Å². The van der Waals surface area contributed by atoms with Crippen LogP contribution in [0, 0.1) is 0 Å². The van der Waals surface area contributed by atoms with Crippen molar-refractivity contribution in [1.82, 2.24) is 5.32 Å². The Bertz CT molecular complexity index is 276. The second-order valence-electron chi connectivity index (χ2n) is 1.99. The highest BCUT2D eigenvalue weighted by molar-refractivity contribution is 5.32. The molecular formula is C6H10N2O3. The molecule has 0 spiro atoms. The summed E-state index contributed by atoms with van der Waals surface area (Å²) in [5.74, 6) is 0.184. The van der Waals surface area contributed by atoms with Crippen LogP contribution >= 0.6 is 0 Å². The lowest BCUT2D eigenvalue weighted by atomic mass is 10.5. The van der Waals surface area contributed by atoms with Gasteiger partial charge in [-0.3, -0.25) is 0 Å².